The second-order valence-electron chi connectivity index (χ2n) is 5.45. The summed E-state index contributed by atoms with van der Waals surface area (Å²) < 4.78 is 0. The van der Waals surface area contributed by atoms with Crippen molar-refractivity contribution in [2.45, 2.75) is 27.3 Å². The zero-order valence-corrected chi connectivity index (χ0v) is 11.0. The second-order valence-corrected chi connectivity index (χ2v) is 5.45. The minimum atomic E-state index is 0.307. The van der Waals surface area contributed by atoms with Gasteiger partial charge in [0.25, 0.3) is 0 Å². The normalized spacial score (nSPS) is 11.6. The van der Waals surface area contributed by atoms with Crippen LogP contribution < -0.4 is 10.2 Å². The first-order chi connectivity index (χ1) is 7.42. The minimum Gasteiger partial charge on any atom is -0.374 e. The Hall–Kier alpha value is -1.09. The maximum absolute atomic E-state index is 4.32. The summed E-state index contributed by atoms with van der Waals surface area (Å²) in [5.41, 5.74) is 2.62. The van der Waals surface area contributed by atoms with Gasteiger partial charge in [-0.25, -0.2) is 0 Å². The van der Waals surface area contributed by atoms with Crippen molar-refractivity contribution >= 4 is 5.69 Å². The lowest BCUT2D eigenvalue weighted by molar-refractivity contribution is 0.419. The molecular weight excluding hydrogens is 198 g/mol. The van der Waals surface area contributed by atoms with Crippen LogP contribution in [0.15, 0.2) is 18.3 Å². The fraction of sp³-hybridized carbons (Fsp3) is 0.615. The lowest BCUT2D eigenvalue weighted by Crippen LogP contribution is -2.29. The zero-order chi connectivity index (χ0) is 12.2. The Labute approximate surface area is 98.9 Å². The van der Waals surface area contributed by atoms with E-state index in [0.29, 0.717) is 5.41 Å². The molecule has 16 heavy (non-hydrogen) atoms. The molecule has 3 heteroatoms. The molecule has 0 amide bonds. The Kier molecular flexibility index (Phi) is 4.30. The largest absolute Gasteiger partial charge is 0.374 e. The Morgan fingerprint density at radius 1 is 1.38 bits per heavy atom. The number of aromatic nitrogens is 1. The maximum atomic E-state index is 4.32. The van der Waals surface area contributed by atoms with Crippen LogP contribution in [-0.4, -0.2) is 25.6 Å². The summed E-state index contributed by atoms with van der Waals surface area (Å²) in [5, 5.41) is 3.12. The van der Waals surface area contributed by atoms with Crippen molar-refractivity contribution in [1.82, 2.24) is 10.3 Å². The summed E-state index contributed by atoms with van der Waals surface area (Å²) in [6.45, 7) is 8.60. The van der Waals surface area contributed by atoms with Gasteiger partial charge in [0.05, 0.1) is 5.69 Å². The molecule has 0 saturated heterocycles. The number of hydrogen-bond acceptors (Lipinski definition) is 3. The lowest BCUT2D eigenvalue weighted by atomic mass is 9.96. The van der Waals surface area contributed by atoms with Crippen LogP contribution in [0.3, 0.4) is 0 Å². The minimum absolute atomic E-state index is 0.307. The average molecular weight is 221 g/mol. The Morgan fingerprint density at radius 3 is 2.62 bits per heavy atom. The molecule has 0 saturated carbocycles. The van der Waals surface area contributed by atoms with Crippen LogP contribution in [0, 0.1) is 5.41 Å². The number of nitrogens with one attached hydrogen (secondary N) is 1. The summed E-state index contributed by atoms with van der Waals surface area (Å²) in [6, 6.07) is 4.20. The van der Waals surface area contributed by atoms with E-state index in [4.69, 9.17) is 0 Å². The van der Waals surface area contributed by atoms with E-state index in [9.17, 15) is 0 Å². The highest BCUT2D eigenvalue weighted by atomic mass is 15.1. The van der Waals surface area contributed by atoms with Gasteiger partial charge in [0.1, 0.15) is 0 Å². The molecule has 0 unspecified atom stereocenters. The van der Waals surface area contributed by atoms with Gasteiger partial charge < -0.3 is 10.2 Å². The summed E-state index contributed by atoms with van der Waals surface area (Å²) >= 11 is 0. The number of rotatable bonds is 4. The highest BCUT2D eigenvalue weighted by Crippen LogP contribution is 2.20. The van der Waals surface area contributed by atoms with Crippen molar-refractivity contribution < 1.29 is 0 Å². The summed E-state index contributed by atoms with van der Waals surface area (Å²) in [7, 11) is 4.07. The Balaban J connectivity index is 2.75. The predicted octanol–water partition coefficient (Wildman–Crippen LogP) is 2.28. The molecule has 0 aliphatic heterocycles. The van der Waals surface area contributed by atoms with Crippen LogP contribution in [0.4, 0.5) is 5.69 Å². The predicted molar refractivity (Wildman–Crippen MR) is 69.7 cm³/mol. The van der Waals surface area contributed by atoms with Crippen molar-refractivity contribution in [1.29, 1.82) is 0 Å². The first kappa shape index (κ1) is 13.0. The fourth-order valence-corrected chi connectivity index (χ4v) is 1.78. The van der Waals surface area contributed by atoms with E-state index in [0.717, 1.165) is 18.8 Å². The van der Waals surface area contributed by atoms with Gasteiger partial charge in [-0.15, -0.1) is 0 Å². The van der Waals surface area contributed by atoms with Crippen molar-refractivity contribution in [2.75, 3.05) is 25.5 Å². The van der Waals surface area contributed by atoms with E-state index >= 15 is 0 Å². The van der Waals surface area contributed by atoms with E-state index in [-0.39, 0.29) is 0 Å². The first-order valence-electron chi connectivity index (χ1n) is 5.73. The van der Waals surface area contributed by atoms with Gasteiger partial charge in [0.2, 0.25) is 0 Å². The molecule has 1 rings (SSSR count). The highest BCUT2D eigenvalue weighted by molar-refractivity contribution is 5.45. The van der Waals surface area contributed by atoms with Crippen molar-refractivity contribution in [2.24, 2.45) is 5.41 Å². The van der Waals surface area contributed by atoms with Gasteiger partial charge in [-0.3, -0.25) is 4.98 Å². The number of pyridine rings is 1. The van der Waals surface area contributed by atoms with E-state index in [2.05, 4.69) is 55.2 Å². The van der Waals surface area contributed by atoms with Crippen LogP contribution in [-0.2, 0) is 6.54 Å². The van der Waals surface area contributed by atoms with Crippen LogP contribution in [0.1, 0.15) is 26.5 Å². The molecule has 0 aromatic carbocycles. The van der Waals surface area contributed by atoms with Gasteiger partial charge >= 0.3 is 0 Å². The topological polar surface area (TPSA) is 28.2 Å². The molecule has 1 aromatic heterocycles. The molecule has 1 aromatic rings. The standard InChI is InChI=1S/C13H23N3/c1-13(2,3)10-16(5)12-6-7-15-11(8-12)9-14-4/h6-8,14H,9-10H2,1-5H3. The zero-order valence-electron chi connectivity index (χ0n) is 11.0. The van der Waals surface area contributed by atoms with Gasteiger partial charge in [-0.2, -0.15) is 0 Å². The highest BCUT2D eigenvalue weighted by Gasteiger charge is 2.14. The number of hydrogen-bond donors (Lipinski definition) is 1. The average Bonchev–Trinajstić information content (AvgIpc) is 2.16. The SMILES string of the molecule is CNCc1cc(N(C)CC(C)(C)C)ccn1. The maximum Gasteiger partial charge on any atom is 0.0562 e. The van der Waals surface area contributed by atoms with E-state index in [1.165, 1.54) is 5.69 Å². The third-order valence-corrected chi connectivity index (χ3v) is 2.31. The van der Waals surface area contributed by atoms with E-state index in [1.54, 1.807) is 0 Å². The van der Waals surface area contributed by atoms with Crippen LogP contribution in [0.2, 0.25) is 0 Å². The smallest absolute Gasteiger partial charge is 0.0562 e. The molecule has 0 atom stereocenters. The van der Waals surface area contributed by atoms with Gasteiger partial charge in [-0.1, -0.05) is 20.8 Å². The third-order valence-electron chi connectivity index (χ3n) is 2.31. The molecule has 1 heterocycles. The lowest BCUT2D eigenvalue weighted by Gasteiger charge is -2.28. The molecule has 0 aliphatic carbocycles. The molecular formula is C13H23N3. The summed E-state index contributed by atoms with van der Waals surface area (Å²) in [4.78, 5) is 6.60. The molecule has 0 spiro atoms. The van der Waals surface area contributed by atoms with Gasteiger partial charge in [-0.05, 0) is 24.6 Å². The molecule has 90 valence electrons. The Morgan fingerprint density at radius 2 is 2.06 bits per heavy atom. The summed E-state index contributed by atoms with van der Waals surface area (Å²) in [6.07, 6.45) is 1.88. The first-order valence-corrected chi connectivity index (χ1v) is 5.73. The van der Waals surface area contributed by atoms with Crippen molar-refractivity contribution in [3.8, 4) is 0 Å². The molecule has 0 bridgehead atoms. The van der Waals surface area contributed by atoms with Crippen molar-refractivity contribution in [3.05, 3.63) is 24.0 Å². The van der Waals surface area contributed by atoms with E-state index < -0.39 is 0 Å². The monoisotopic (exact) mass is 221 g/mol. The number of nitrogens with zero attached hydrogens (tertiary/aromatic N) is 2. The molecule has 0 radical (unpaired) electrons. The van der Waals surface area contributed by atoms with Crippen LogP contribution in [0.5, 0.6) is 0 Å². The molecule has 0 fully saturated rings. The fourth-order valence-electron chi connectivity index (χ4n) is 1.78. The number of anilines is 1. The van der Waals surface area contributed by atoms with Crippen LogP contribution >= 0.6 is 0 Å². The second kappa shape index (κ2) is 5.30. The van der Waals surface area contributed by atoms with Crippen LogP contribution in [0.25, 0.3) is 0 Å². The molecule has 3 nitrogen and oxygen atoms in total. The van der Waals surface area contributed by atoms with Gasteiger partial charge in [0.15, 0.2) is 0 Å². The third kappa shape index (κ3) is 4.19. The van der Waals surface area contributed by atoms with Crippen molar-refractivity contribution in [3.63, 3.8) is 0 Å². The molecule has 0 aliphatic rings. The van der Waals surface area contributed by atoms with Gasteiger partial charge in [0, 0.05) is 32.0 Å². The summed E-state index contributed by atoms with van der Waals surface area (Å²) in [5.74, 6) is 0. The molecule has 1 N–H and O–H groups in total. The Bertz CT molecular complexity index is 328. The van der Waals surface area contributed by atoms with E-state index in [1.807, 2.05) is 13.2 Å². The quantitative estimate of drug-likeness (QED) is 0.845.